The fourth-order valence-corrected chi connectivity index (χ4v) is 1.92. The van der Waals surface area contributed by atoms with Gasteiger partial charge in [-0.3, -0.25) is 0 Å². The Morgan fingerprint density at radius 3 is 2.21 bits per heavy atom. The first-order chi connectivity index (χ1) is 8.80. The molecule has 0 saturated heterocycles. The normalized spacial score (nSPS) is 13.6. The van der Waals surface area contributed by atoms with Crippen LogP contribution in [0.4, 0.5) is 13.2 Å². The van der Waals surface area contributed by atoms with Crippen LogP contribution in [0.5, 0.6) is 0 Å². The minimum atomic E-state index is -4.32. The van der Waals surface area contributed by atoms with Crippen molar-refractivity contribution in [3.05, 3.63) is 47.3 Å². The maximum atomic E-state index is 12.5. The van der Waals surface area contributed by atoms with Gasteiger partial charge in [0.15, 0.2) is 0 Å². The fourth-order valence-electron chi connectivity index (χ4n) is 1.92. The molecular formula is C13H14F3N3. The number of hydrogen-bond acceptors (Lipinski definition) is 2. The molecule has 0 aliphatic carbocycles. The quantitative estimate of drug-likeness (QED) is 0.909. The lowest BCUT2D eigenvalue weighted by molar-refractivity contribution is -0.137. The van der Waals surface area contributed by atoms with Crippen molar-refractivity contribution in [2.45, 2.75) is 26.1 Å². The smallest absolute Gasteiger partial charge is 0.324 e. The lowest BCUT2D eigenvalue weighted by Crippen LogP contribution is -2.08. The Morgan fingerprint density at radius 1 is 1.21 bits per heavy atom. The van der Waals surface area contributed by atoms with E-state index in [-0.39, 0.29) is 6.04 Å². The number of hydrogen-bond donors (Lipinski definition) is 1. The molecule has 1 aromatic carbocycles. The van der Waals surface area contributed by atoms with Crippen molar-refractivity contribution < 1.29 is 13.2 Å². The van der Waals surface area contributed by atoms with Gasteiger partial charge in [-0.25, -0.2) is 4.68 Å². The summed E-state index contributed by atoms with van der Waals surface area (Å²) in [6.07, 6.45) is -2.69. The predicted octanol–water partition coefficient (Wildman–Crippen LogP) is 3.22. The number of benzene rings is 1. The number of nitrogens with zero attached hydrogens (tertiary/aromatic N) is 2. The van der Waals surface area contributed by atoms with Crippen LogP contribution in [0.1, 0.15) is 29.8 Å². The molecule has 1 unspecified atom stereocenters. The van der Waals surface area contributed by atoms with E-state index in [1.54, 1.807) is 10.9 Å². The number of alkyl halides is 3. The molecule has 0 aliphatic heterocycles. The van der Waals surface area contributed by atoms with Gasteiger partial charge in [-0.1, -0.05) is 0 Å². The molecule has 102 valence electrons. The van der Waals surface area contributed by atoms with Crippen LogP contribution in [0.3, 0.4) is 0 Å². The zero-order valence-corrected chi connectivity index (χ0v) is 10.6. The monoisotopic (exact) mass is 269 g/mol. The van der Waals surface area contributed by atoms with Crippen molar-refractivity contribution >= 4 is 0 Å². The number of halogens is 3. The maximum absolute atomic E-state index is 12.5. The molecule has 2 N–H and O–H groups in total. The molecule has 0 spiro atoms. The van der Waals surface area contributed by atoms with Crippen molar-refractivity contribution in [1.29, 1.82) is 0 Å². The lowest BCUT2D eigenvalue weighted by Gasteiger charge is -2.10. The molecule has 2 aromatic rings. The Hall–Kier alpha value is -1.82. The van der Waals surface area contributed by atoms with E-state index in [2.05, 4.69) is 5.10 Å². The highest BCUT2D eigenvalue weighted by molar-refractivity contribution is 5.38. The second-order valence-electron chi connectivity index (χ2n) is 4.43. The van der Waals surface area contributed by atoms with Crippen LogP contribution in [0, 0.1) is 6.92 Å². The van der Waals surface area contributed by atoms with E-state index in [1.165, 1.54) is 12.1 Å². The van der Waals surface area contributed by atoms with Gasteiger partial charge in [-0.05, 0) is 38.1 Å². The van der Waals surface area contributed by atoms with Crippen molar-refractivity contribution in [1.82, 2.24) is 9.78 Å². The van der Waals surface area contributed by atoms with Crippen molar-refractivity contribution in [3.8, 4) is 5.69 Å². The summed E-state index contributed by atoms with van der Waals surface area (Å²) in [4.78, 5) is 0. The van der Waals surface area contributed by atoms with E-state index in [0.717, 1.165) is 23.4 Å². The number of nitrogens with two attached hydrogens (primary N) is 1. The molecule has 0 saturated carbocycles. The Kier molecular flexibility index (Phi) is 3.36. The number of aromatic nitrogens is 2. The van der Waals surface area contributed by atoms with Gasteiger partial charge in [0.05, 0.1) is 17.4 Å². The van der Waals surface area contributed by atoms with Crippen molar-refractivity contribution in [2.24, 2.45) is 5.73 Å². The third-order valence-electron chi connectivity index (χ3n) is 2.98. The SMILES string of the molecule is Cc1c(C(C)N)cnn1-c1ccc(C(F)(F)F)cc1. The minimum Gasteiger partial charge on any atom is -0.324 e. The van der Waals surface area contributed by atoms with Crippen LogP contribution in [0.2, 0.25) is 0 Å². The van der Waals surface area contributed by atoms with Gasteiger partial charge in [0, 0.05) is 17.3 Å². The van der Waals surface area contributed by atoms with E-state index in [9.17, 15) is 13.2 Å². The third-order valence-corrected chi connectivity index (χ3v) is 2.98. The largest absolute Gasteiger partial charge is 0.416 e. The van der Waals surface area contributed by atoms with E-state index < -0.39 is 11.7 Å². The first-order valence-electron chi connectivity index (χ1n) is 5.78. The minimum absolute atomic E-state index is 0.164. The Labute approximate surface area is 108 Å². The third kappa shape index (κ3) is 2.63. The first-order valence-corrected chi connectivity index (χ1v) is 5.78. The highest BCUT2D eigenvalue weighted by Crippen LogP contribution is 2.29. The molecule has 0 amide bonds. The summed E-state index contributed by atoms with van der Waals surface area (Å²) in [6, 6.07) is 4.72. The molecule has 1 aromatic heterocycles. The van der Waals surface area contributed by atoms with Crippen molar-refractivity contribution in [2.75, 3.05) is 0 Å². The van der Waals surface area contributed by atoms with Gasteiger partial charge in [-0.15, -0.1) is 0 Å². The highest BCUT2D eigenvalue weighted by Gasteiger charge is 2.30. The van der Waals surface area contributed by atoms with Crippen molar-refractivity contribution in [3.63, 3.8) is 0 Å². The van der Waals surface area contributed by atoms with Crippen LogP contribution >= 0.6 is 0 Å². The zero-order valence-electron chi connectivity index (χ0n) is 10.6. The summed E-state index contributed by atoms with van der Waals surface area (Å²) in [5.41, 5.74) is 7.40. The predicted molar refractivity (Wildman–Crippen MR) is 65.9 cm³/mol. The molecule has 1 atom stereocenters. The molecule has 0 bridgehead atoms. The van der Waals surface area contributed by atoms with Gasteiger partial charge >= 0.3 is 6.18 Å². The van der Waals surface area contributed by atoms with Crippen LogP contribution in [-0.2, 0) is 6.18 Å². The molecule has 0 radical (unpaired) electrons. The van der Waals surface area contributed by atoms with E-state index >= 15 is 0 Å². The summed E-state index contributed by atoms with van der Waals surface area (Å²) >= 11 is 0. The standard InChI is InChI=1S/C13H14F3N3/c1-8(17)12-7-18-19(9(12)2)11-5-3-10(4-6-11)13(14,15)16/h3-8H,17H2,1-2H3. The summed E-state index contributed by atoms with van der Waals surface area (Å²) < 4.78 is 39.0. The topological polar surface area (TPSA) is 43.8 Å². The second kappa shape index (κ2) is 4.70. The van der Waals surface area contributed by atoms with Crippen LogP contribution in [0.15, 0.2) is 30.5 Å². The maximum Gasteiger partial charge on any atom is 0.416 e. The summed E-state index contributed by atoms with van der Waals surface area (Å²) in [5.74, 6) is 0. The van der Waals surface area contributed by atoms with Crippen LogP contribution < -0.4 is 5.73 Å². The second-order valence-corrected chi connectivity index (χ2v) is 4.43. The molecule has 2 rings (SSSR count). The van der Waals surface area contributed by atoms with Crippen LogP contribution in [-0.4, -0.2) is 9.78 Å². The molecule has 6 heteroatoms. The molecule has 19 heavy (non-hydrogen) atoms. The molecule has 1 heterocycles. The Balaban J connectivity index is 2.38. The van der Waals surface area contributed by atoms with E-state index in [0.29, 0.717) is 5.69 Å². The van der Waals surface area contributed by atoms with E-state index in [4.69, 9.17) is 5.73 Å². The first kappa shape index (κ1) is 13.6. The molecule has 3 nitrogen and oxygen atoms in total. The average Bonchev–Trinajstić information content (AvgIpc) is 2.70. The number of rotatable bonds is 2. The fraction of sp³-hybridized carbons (Fsp3) is 0.308. The Morgan fingerprint density at radius 2 is 1.79 bits per heavy atom. The molecular weight excluding hydrogens is 255 g/mol. The van der Waals surface area contributed by atoms with Gasteiger partial charge in [-0.2, -0.15) is 18.3 Å². The van der Waals surface area contributed by atoms with Gasteiger partial charge in [0.1, 0.15) is 0 Å². The highest BCUT2D eigenvalue weighted by atomic mass is 19.4. The lowest BCUT2D eigenvalue weighted by atomic mass is 10.1. The summed E-state index contributed by atoms with van der Waals surface area (Å²) in [5, 5.41) is 4.15. The van der Waals surface area contributed by atoms with Gasteiger partial charge in [0.25, 0.3) is 0 Å². The average molecular weight is 269 g/mol. The summed E-state index contributed by atoms with van der Waals surface area (Å²) in [7, 11) is 0. The Bertz CT molecular complexity index is 568. The van der Waals surface area contributed by atoms with Gasteiger partial charge in [0.2, 0.25) is 0 Å². The zero-order chi connectivity index (χ0) is 14.2. The van der Waals surface area contributed by atoms with Crippen LogP contribution in [0.25, 0.3) is 5.69 Å². The van der Waals surface area contributed by atoms with E-state index in [1.807, 2.05) is 13.8 Å². The molecule has 0 fully saturated rings. The van der Waals surface area contributed by atoms with Gasteiger partial charge < -0.3 is 5.73 Å². The molecule has 0 aliphatic rings. The summed E-state index contributed by atoms with van der Waals surface area (Å²) in [6.45, 7) is 3.67.